The Balaban J connectivity index is 6.70. The molecule has 9 N–H and O–H groups in total. The number of hydrogen-bond acceptors (Lipinski definition) is 15. The van der Waals surface area contributed by atoms with E-state index < -0.39 is 81.6 Å². The average molecular weight is 633 g/mol. The van der Waals surface area contributed by atoms with Gasteiger partial charge in [-0.2, -0.15) is 0 Å². The van der Waals surface area contributed by atoms with Gasteiger partial charge in [0.2, 0.25) is 0 Å². The molecule has 0 aromatic heterocycles. The Bertz CT molecular complexity index is 696. The first-order valence-corrected chi connectivity index (χ1v) is 22.2. The van der Waals surface area contributed by atoms with Crippen molar-refractivity contribution < 1.29 is 68.2 Å². The molecule has 3 atom stereocenters. The Kier molecular flexibility index (Phi) is 13.2. The van der Waals surface area contributed by atoms with Gasteiger partial charge in [0, 0.05) is 28.3 Å². The molecular formula is C15H44O15Si6. The highest BCUT2D eigenvalue weighted by Crippen LogP contribution is 2.34. The van der Waals surface area contributed by atoms with E-state index in [4.69, 9.17) is 25.0 Å². The summed E-state index contributed by atoms with van der Waals surface area (Å²) in [6, 6.07) is 0. The van der Waals surface area contributed by atoms with Crippen LogP contribution in [0.4, 0.5) is 0 Å². The van der Waals surface area contributed by atoms with Gasteiger partial charge in [0.15, 0.2) is 0 Å². The highest BCUT2D eigenvalue weighted by atomic mass is 28.6. The van der Waals surface area contributed by atoms with Crippen LogP contribution >= 0.6 is 0 Å². The molecule has 0 fully saturated rings. The maximum absolute atomic E-state index is 11.3. The zero-order valence-electron chi connectivity index (χ0n) is 22.4. The van der Waals surface area contributed by atoms with Gasteiger partial charge in [0.05, 0.1) is 0 Å². The summed E-state index contributed by atoms with van der Waals surface area (Å²) in [6.45, 7) is 13.8. The summed E-state index contributed by atoms with van der Waals surface area (Å²) in [4.78, 5) is 95.7. The van der Waals surface area contributed by atoms with Gasteiger partial charge in [0.1, 0.15) is 0 Å². The third-order valence-corrected chi connectivity index (χ3v) is 22.6. The second kappa shape index (κ2) is 12.9. The lowest BCUT2D eigenvalue weighted by Gasteiger charge is -2.41. The van der Waals surface area contributed by atoms with Gasteiger partial charge in [-0.25, -0.2) is 0 Å². The van der Waals surface area contributed by atoms with E-state index in [1.54, 1.807) is 0 Å². The molecular weight excluding hydrogens is 589 g/mol. The zero-order valence-corrected chi connectivity index (χ0v) is 28.4. The van der Waals surface area contributed by atoms with E-state index in [1.165, 1.54) is 69.2 Å². The summed E-state index contributed by atoms with van der Waals surface area (Å²) in [7, 11) is -30.1. The fourth-order valence-electron chi connectivity index (χ4n) is 1.98. The van der Waals surface area contributed by atoms with E-state index in [2.05, 4.69) is 0 Å². The van der Waals surface area contributed by atoms with Crippen LogP contribution in [0.15, 0.2) is 0 Å². The molecule has 0 aromatic carbocycles. The van der Waals surface area contributed by atoms with E-state index in [0.717, 1.165) is 0 Å². The minimum absolute atomic E-state index is 0.865. The van der Waals surface area contributed by atoms with E-state index in [-0.39, 0.29) is 0 Å². The molecule has 1 unspecified atom stereocenters. The van der Waals surface area contributed by atoms with Crippen LogP contribution < -0.4 is 0 Å². The predicted molar refractivity (Wildman–Crippen MR) is 137 cm³/mol. The van der Waals surface area contributed by atoms with Crippen molar-refractivity contribution in [3.63, 3.8) is 0 Å². The Labute approximate surface area is 218 Å². The molecule has 0 aliphatic carbocycles. The molecule has 0 radical (unpaired) electrons. The third-order valence-electron chi connectivity index (χ3n) is 4.76. The zero-order chi connectivity index (χ0) is 29.1. The van der Waals surface area contributed by atoms with Crippen LogP contribution in [-0.4, -0.2) is 103 Å². The Hall–Kier alpha value is 0.701. The van der Waals surface area contributed by atoms with Gasteiger partial charge in [-0.1, -0.05) is 55.4 Å². The number of rotatable bonds is 16. The van der Waals surface area contributed by atoms with Crippen LogP contribution in [-0.2, 0) is 25.0 Å². The molecule has 0 aliphatic heterocycles. The van der Waals surface area contributed by atoms with Crippen LogP contribution in [0, 0.1) is 0 Å². The van der Waals surface area contributed by atoms with Gasteiger partial charge in [-0.05, 0) is 13.8 Å². The third kappa shape index (κ3) is 11.1. The standard InChI is InChI=1S/C15H44O15Si6/c1-11(2)25-35(23,27-32(18,19)13(5)6)30-36(24,28-33(20,21)14(7)8)29-34(22,15(9)10)26-31(16,17)12(3)4/h11-24H,1-10H3/t34-,35-,36?/m1/s1. The molecule has 0 aliphatic rings. The average Bonchev–Trinajstić information content (AvgIpc) is 2.57. The maximum Gasteiger partial charge on any atom is 0.663 e. The second-order valence-electron chi connectivity index (χ2n) is 9.95. The number of hydrogen-bond donors (Lipinski definition) is 9. The molecule has 0 bridgehead atoms. The first kappa shape index (κ1) is 36.7. The van der Waals surface area contributed by atoms with Gasteiger partial charge >= 0.3 is 53.3 Å². The molecule has 0 saturated carbocycles. The maximum atomic E-state index is 11.3. The van der Waals surface area contributed by atoms with Crippen molar-refractivity contribution in [2.75, 3.05) is 0 Å². The van der Waals surface area contributed by atoms with Crippen LogP contribution in [0.3, 0.4) is 0 Å². The normalized spacial score (nSPS) is 19.3. The first-order chi connectivity index (χ1) is 15.7. The van der Waals surface area contributed by atoms with Crippen LogP contribution in [0.1, 0.15) is 69.2 Å². The highest BCUT2D eigenvalue weighted by Gasteiger charge is 2.68. The van der Waals surface area contributed by atoms with Crippen LogP contribution in [0.25, 0.3) is 0 Å². The molecule has 21 heteroatoms. The van der Waals surface area contributed by atoms with Crippen molar-refractivity contribution >= 4 is 53.3 Å². The Morgan fingerprint density at radius 3 is 1.03 bits per heavy atom. The minimum atomic E-state index is -5.71. The van der Waals surface area contributed by atoms with E-state index in [1.807, 2.05) is 0 Å². The van der Waals surface area contributed by atoms with Crippen molar-refractivity contribution in [3.8, 4) is 0 Å². The molecule has 0 spiro atoms. The van der Waals surface area contributed by atoms with Crippen molar-refractivity contribution in [1.82, 2.24) is 0 Å². The SMILES string of the molecule is CC(C)O[Si@@](O)(O[Si](O)(O[Si](O)(O)C(C)C)O[Si@](O)(O[Si](O)(O)C(C)C)C(C)C)O[Si](O)(O)C(C)C. The lowest BCUT2D eigenvalue weighted by Crippen LogP contribution is -2.71. The molecule has 0 aromatic rings. The molecule has 0 rings (SSSR count). The summed E-state index contributed by atoms with van der Waals surface area (Å²) >= 11 is 0. The topological polar surface area (TPSA) is 237 Å². The smallest absolute Gasteiger partial charge is 0.390 e. The molecule has 15 nitrogen and oxygen atoms in total. The molecule has 36 heavy (non-hydrogen) atoms. The summed E-state index contributed by atoms with van der Waals surface area (Å²) in [5, 5.41) is 0. The summed E-state index contributed by atoms with van der Waals surface area (Å²) < 4.78 is 31.1. The Morgan fingerprint density at radius 2 is 0.722 bits per heavy atom. The quantitative estimate of drug-likeness (QED) is 0.0898. The highest BCUT2D eigenvalue weighted by molar-refractivity contribution is 6.84. The molecule has 0 saturated heterocycles. The van der Waals surface area contributed by atoms with Crippen molar-refractivity contribution in [1.29, 1.82) is 0 Å². The first-order valence-electron chi connectivity index (χ1n) is 11.4. The summed E-state index contributed by atoms with van der Waals surface area (Å²) in [5.41, 5.74) is -3.81. The van der Waals surface area contributed by atoms with Crippen LogP contribution in [0.5, 0.6) is 0 Å². The largest absolute Gasteiger partial charge is 0.663 e. The molecule has 0 heterocycles. The van der Waals surface area contributed by atoms with E-state index >= 15 is 0 Å². The second-order valence-corrected chi connectivity index (χ2v) is 26.2. The molecule has 218 valence electrons. The van der Waals surface area contributed by atoms with Crippen LogP contribution in [0.2, 0.25) is 22.2 Å². The minimum Gasteiger partial charge on any atom is -0.390 e. The lowest BCUT2D eigenvalue weighted by molar-refractivity contribution is -0.0215. The van der Waals surface area contributed by atoms with Gasteiger partial charge in [0.25, 0.3) is 0 Å². The fourth-order valence-corrected chi connectivity index (χ4v) is 17.9. The summed E-state index contributed by atoms with van der Waals surface area (Å²) in [5.74, 6) is 0. The van der Waals surface area contributed by atoms with Gasteiger partial charge in [-0.3, -0.25) is 0 Å². The van der Waals surface area contributed by atoms with Crippen molar-refractivity contribution in [2.24, 2.45) is 0 Å². The fraction of sp³-hybridized carbons (Fsp3) is 1.00. The lowest BCUT2D eigenvalue weighted by atomic mass is 10.5. The van der Waals surface area contributed by atoms with E-state index in [9.17, 15) is 43.2 Å². The van der Waals surface area contributed by atoms with E-state index in [0.29, 0.717) is 0 Å². The molecule has 0 amide bonds. The van der Waals surface area contributed by atoms with Crippen molar-refractivity contribution in [3.05, 3.63) is 0 Å². The van der Waals surface area contributed by atoms with Gasteiger partial charge in [-0.15, -0.1) is 0 Å². The van der Waals surface area contributed by atoms with Gasteiger partial charge < -0.3 is 68.2 Å². The Morgan fingerprint density at radius 1 is 0.389 bits per heavy atom. The predicted octanol–water partition coefficient (Wildman–Crippen LogP) is -1.31. The monoisotopic (exact) mass is 632 g/mol. The summed E-state index contributed by atoms with van der Waals surface area (Å²) in [6.07, 6.45) is -0.874. The van der Waals surface area contributed by atoms with Crippen molar-refractivity contribution in [2.45, 2.75) is 97.5 Å².